The van der Waals surface area contributed by atoms with Gasteiger partial charge >= 0.3 is 0 Å². The fraction of sp³-hybridized carbons (Fsp3) is 0.846. The summed E-state index contributed by atoms with van der Waals surface area (Å²) in [5.41, 5.74) is 0. The summed E-state index contributed by atoms with van der Waals surface area (Å²) in [6, 6.07) is 0. The molecule has 0 aromatic heterocycles. The van der Waals surface area contributed by atoms with Gasteiger partial charge in [-0.3, -0.25) is 9.59 Å². The molecule has 0 aromatic carbocycles. The molecule has 20 heavy (non-hydrogen) atoms. The molecule has 2 heterocycles. The van der Waals surface area contributed by atoms with Crippen LogP contribution in [0.5, 0.6) is 0 Å². The Morgan fingerprint density at radius 3 is 2.45 bits per heavy atom. The van der Waals surface area contributed by atoms with Crippen molar-refractivity contribution in [1.29, 1.82) is 0 Å². The summed E-state index contributed by atoms with van der Waals surface area (Å²) in [4.78, 5) is 26.9. The van der Waals surface area contributed by atoms with Crippen molar-refractivity contribution in [2.24, 2.45) is 0 Å². The van der Waals surface area contributed by atoms with Crippen LogP contribution < -0.4 is 0 Å². The van der Waals surface area contributed by atoms with Crippen LogP contribution >= 0.6 is 0 Å². The van der Waals surface area contributed by atoms with Gasteiger partial charge in [0, 0.05) is 51.7 Å². The largest absolute Gasteiger partial charge is 0.342 e. The van der Waals surface area contributed by atoms with E-state index in [-0.39, 0.29) is 16.9 Å². The first-order valence-corrected chi connectivity index (χ1v) is 9.02. The van der Waals surface area contributed by atoms with Crippen molar-refractivity contribution >= 4 is 21.5 Å². The average Bonchev–Trinajstić information content (AvgIpc) is 2.85. The molecule has 114 valence electrons. The molecule has 0 radical (unpaired) electrons. The number of amides is 1. The van der Waals surface area contributed by atoms with E-state index in [0.29, 0.717) is 51.9 Å². The van der Waals surface area contributed by atoms with Gasteiger partial charge in [0.05, 0.1) is 5.25 Å². The third kappa shape index (κ3) is 4.02. The normalized spacial score (nSPS) is 25.1. The fourth-order valence-electron chi connectivity index (χ4n) is 2.77. The van der Waals surface area contributed by atoms with Crippen LogP contribution in [0.4, 0.5) is 0 Å². The summed E-state index contributed by atoms with van der Waals surface area (Å²) in [6.45, 7) is 2.94. The van der Waals surface area contributed by atoms with Gasteiger partial charge in [-0.15, -0.1) is 0 Å². The minimum absolute atomic E-state index is 0.0697. The molecule has 2 aliphatic rings. The topological polar surface area (TPSA) is 74.8 Å². The van der Waals surface area contributed by atoms with E-state index in [9.17, 15) is 18.0 Å². The SMILES string of the molecule is CS(=O)(=O)C1CCN(CCC(=O)N2CCC(=O)CC2)C1. The molecule has 6 nitrogen and oxygen atoms in total. The van der Waals surface area contributed by atoms with E-state index in [1.807, 2.05) is 4.90 Å². The van der Waals surface area contributed by atoms with E-state index in [1.54, 1.807) is 4.90 Å². The molecule has 1 unspecified atom stereocenters. The number of carbonyl (C=O) groups is 2. The molecule has 0 aliphatic carbocycles. The quantitative estimate of drug-likeness (QED) is 0.712. The molecule has 2 fully saturated rings. The van der Waals surface area contributed by atoms with Gasteiger partial charge in [-0.25, -0.2) is 8.42 Å². The Morgan fingerprint density at radius 2 is 1.90 bits per heavy atom. The van der Waals surface area contributed by atoms with Crippen LogP contribution in [0.2, 0.25) is 0 Å². The van der Waals surface area contributed by atoms with Crippen LogP contribution in [0.25, 0.3) is 0 Å². The average molecular weight is 302 g/mol. The molecule has 2 aliphatic heterocycles. The van der Waals surface area contributed by atoms with Crippen molar-refractivity contribution in [3.63, 3.8) is 0 Å². The maximum atomic E-state index is 12.0. The van der Waals surface area contributed by atoms with Crippen LogP contribution in [0.1, 0.15) is 25.7 Å². The smallest absolute Gasteiger partial charge is 0.223 e. The molecular weight excluding hydrogens is 280 g/mol. The molecule has 0 N–H and O–H groups in total. The lowest BCUT2D eigenvalue weighted by molar-refractivity contribution is -0.134. The molecule has 7 heteroatoms. The van der Waals surface area contributed by atoms with Gasteiger partial charge in [0.25, 0.3) is 0 Å². The Labute approximate surface area is 120 Å². The molecule has 0 saturated carbocycles. The van der Waals surface area contributed by atoms with Crippen LogP contribution in [-0.2, 0) is 19.4 Å². The zero-order valence-electron chi connectivity index (χ0n) is 11.9. The number of rotatable bonds is 4. The second-order valence-corrected chi connectivity index (χ2v) is 8.04. The number of piperidine rings is 1. The number of Topliss-reactive ketones (excluding diaryl/α,β-unsaturated/α-hetero) is 1. The van der Waals surface area contributed by atoms with Gasteiger partial charge in [0.2, 0.25) is 5.91 Å². The number of ketones is 1. The first-order valence-electron chi connectivity index (χ1n) is 7.07. The second kappa shape index (κ2) is 6.22. The highest BCUT2D eigenvalue weighted by Crippen LogP contribution is 2.16. The van der Waals surface area contributed by atoms with Crippen molar-refractivity contribution < 1.29 is 18.0 Å². The predicted octanol–water partition coefficient (Wildman–Crippen LogP) is -0.313. The van der Waals surface area contributed by atoms with Gasteiger partial charge in [-0.2, -0.15) is 0 Å². The third-order valence-corrected chi connectivity index (χ3v) is 5.75. The number of hydrogen-bond donors (Lipinski definition) is 0. The lowest BCUT2D eigenvalue weighted by Gasteiger charge is -2.27. The van der Waals surface area contributed by atoms with Crippen LogP contribution in [0.15, 0.2) is 0 Å². The Hall–Kier alpha value is -0.950. The highest BCUT2D eigenvalue weighted by molar-refractivity contribution is 7.91. The molecule has 1 atom stereocenters. The number of nitrogens with zero attached hydrogens (tertiary/aromatic N) is 2. The van der Waals surface area contributed by atoms with Crippen molar-refractivity contribution in [2.75, 3.05) is 39.0 Å². The first kappa shape index (κ1) is 15.4. The summed E-state index contributed by atoms with van der Waals surface area (Å²) in [5, 5.41) is -0.287. The van der Waals surface area contributed by atoms with Gasteiger partial charge in [0.1, 0.15) is 5.78 Å². The standard InChI is InChI=1S/C13H22N2O4S/c1-20(18,19)12-4-6-14(10-12)7-5-13(17)15-8-2-11(16)3-9-15/h12H,2-10H2,1H3. The predicted molar refractivity (Wildman–Crippen MR) is 75.1 cm³/mol. The Balaban J connectivity index is 1.73. The molecule has 0 spiro atoms. The third-order valence-electron chi connectivity index (χ3n) is 4.15. The van der Waals surface area contributed by atoms with E-state index >= 15 is 0 Å². The summed E-state index contributed by atoms with van der Waals surface area (Å²) in [7, 11) is -2.98. The van der Waals surface area contributed by atoms with E-state index < -0.39 is 9.84 Å². The van der Waals surface area contributed by atoms with Crippen molar-refractivity contribution in [3.8, 4) is 0 Å². The van der Waals surface area contributed by atoms with E-state index in [0.717, 1.165) is 6.54 Å². The second-order valence-electron chi connectivity index (χ2n) is 5.71. The zero-order valence-corrected chi connectivity index (χ0v) is 12.7. The molecule has 1 amide bonds. The lowest BCUT2D eigenvalue weighted by Crippen LogP contribution is -2.40. The lowest BCUT2D eigenvalue weighted by atomic mass is 10.1. The minimum atomic E-state index is -2.98. The maximum absolute atomic E-state index is 12.0. The van der Waals surface area contributed by atoms with Crippen molar-refractivity contribution in [1.82, 2.24) is 9.80 Å². The number of carbonyl (C=O) groups excluding carboxylic acids is 2. The van der Waals surface area contributed by atoms with Crippen LogP contribution in [-0.4, -0.2) is 74.1 Å². The maximum Gasteiger partial charge on any atom is 0.223 e. The number of sulfone groups is 1. The highest BCUT2D eigenvalue weighted by Gasteiger charge is 2.30. The van der Waals surface area contributed by atoms with Crippen molar-refractivity contribution in [2.45, 2.75) is 30.9 Å². The monoisotopic (exact) mass is 302 g/mol. The number of hydrogen-bond acceptors (Lipinski definition) is 5. The van der Waals surface area contributed by atoms with Crippen LogP contribution in [0, 0.1) is 0 Å². The Bertz CT molecular complexity index is 479. The van der Waals surface area contributed by atoms with E-state index in [2.05, 4.69) is 0 Å². The Morgan fingerprint density at radius 1 is 1.25 bits per heavy atom. The highest BCUT2D eigenvalue weighted by atomic mass is 32.2. The van der Waals surface area contributed by atoms with E-state index in [4.69, 9.17) is 0 Å². The van der Waals surface area contributed by atoms with E-state index in [1.165, 1.54) is 6.26 Å². The van der Waals surface area contributed by atoms with Crippen molar-refractivity contribution in [3.05, 3.63) is 0 Å². The van der Waals surface area contributed by atoms with Gasteiger partial charge < -0.3 is 9.80 Å². The summed E-state index contributed by atoms with van der Waals surface area (Å²) < 4.78 is 22.9. The summed E-state index contributed by atoms with van der Waals surface area (Å²) in [6.07, 6.45) is 3.27. The molecule has 2 saturated heterocycles. The first-order chi connectivity index (χ1) is 9.36. The summed E-state index contributed by atoms with van der Waals surface area (Å²) >= 11 is 0. The molecule has 0 bridgehead atoms. The zero-order chi connectivity index (χ0) is 14.8. The molecular formula is C13H22N2O4S. The van der Waals surface area contributed by atoms with Gasteiger partial charge in [0.15, 0.2) is 9.84 Å². The fourth-order valence-corrected chi connectivity index (χ4v) is 3.78. The molecule has 0 aromatic rings. The van der Waals surface area contributed by atoms with Gasteiger partial charge in [-0.1, -0.05) is 0 Å². The molecule has 2 rings (SSSR count). The Kier molecular flexibility index (Phi) is 4.80. The minimum Gasteiger partial charge on any atom is -0.342 e. The van der Waals surface area contributed by atoms with Crippen LogP contribution in [0.3, 0.4) is 0 Å². The number of likely N-dealkylation sites (tertiary alicyclic amines) is 2. The summed E-state index contributed by atoms with van der Waals surface area (Å²) in [5.74, 6) is 0.296. The van der Waals surface area contributed by atoms with Gasteiger partial charge in [-0.05, 0) is 13.0 Å².